The number of aliphatic hydroxyl groups is 1. The molecule has 2 aromatic rings. The molecule has 4 heteroatoms. The molecule has 0 aliphatic heterocycles. The minimum Gasteiger partial charge on any atom is -0.496 e. The summed E-state index contributed by atoms with van der Waals surface area (Å²) < 4.78 is 6.55. The molecule has 0 spiro atoms. The molecule has 1 aromatic heterocycles. The number of aliphatic hydroxyl groups excluding tert-OH is 1. The van der Waals surface area contributed by atoms with Gasteiger partial charge in [-0.2, -0.15) is 0 Å². The molecule has 1 aromatic carbocycles. The Morgan fingerprint density at radius 2 is 1.90 bits per heavy atom. The summed E-state index contributed by atoms with van der Waals surface area (Å²) in [6.07, 6.45) is 1.73. The fraction of sp³-hybridized carbons (Fsp3) is 0.312. The zero-order valence-electron chi connectivity index (χ0n) is 11.9. The van der Waals surface area contributed by atoms with Gasteiger partial charge in [-0.3, -0.25) is 4.98 Å². The van der Waals surface area contributed by atoms with Crippen molar-refractivity contribution in [1.29, 1.82) is 0 Å². The van der Waals surface area contributed by atoms with E-state index in [0.29, 0.717) is 6.42 Å². The molecule has 0 saturated carbocycles. The lowest BCUT2D eigenvalue weighted by molar-refractivity contribution is 0.177. The first-order valence-electron chi connectivity index (χ1n) is 6.45. The summed E-state index contributed by atoms with van der Waals surface area (Å²) in [5.74, 6) is 0.852. The Hall–Kier alpha value is -1.14. The van der Waals surface area contributed by atoms with Gasteiger partial charge in [-0.15, -0.1) is 0 Å². The van der Waals surface area contributed by atoms with Gasteiger partial charge < -0.3 is 9.84 Å². The number of rotatable bonds is 4. The van der Waals surface area contributed by atoms with Crippen LogP contribution < -0.4 is 4.74 Å². The maximum atomic E-state index is 10.3. The summed E-state index contributed by atoms with van der Waals surface area (Å²) in [4.78, 5) is 4.43. The predicted molar refractivity (Wildman–Crippen MR) is 88.1 cm³/mol. The van der Waals surface area contributed by atoms with E-state index in [1.807, 2.05) is 38.1 Å². The Labute approximate surface area is 133 Å². The molecule has 3 nitrogen and oxygen atoms in total. The number of aromatic nitrogens is 1. The molecule has 20 heavy (non-hydrogen) atoms. The number of nitrogens with zero attached hydrogens (tertiary/aromatic N) is 1. The van der Waals surface area contributed by atoms with Crippen LogP contribution in [0.25, 0.3) is 0 Å². The summed E-state index contributed by atoms with van der Waals surface area (Å²) >= 11 is 2.25. The van der Waals surface area contributed by atoms with Crippen molar-refractivity contribution in [2.24, 2.45) is 0 Å². The van der Waals surface area contributed by atoms with Crippen LogP contribution >= 0.6 is 22.6 Å². The van der Waals surface area contributed by atoms with Crippen molar-refractivity contribution in [3.63, 3.8) is 0 Å². The number of aryl methyl sites for hydroxylation is 1. The molecule has 1 unspecified atom stereocenters. The molecular formula is C16H18INO2. The van der Waals surface area contributed by atoms with Crippen LogP contribution in [0.3, 0.4) is 0 Å². The summed E-state index contributed by atoms with van der Waals surface area (Å²) in [5, 5.41) is 10.3. The molecule has 106 valence electrons. The molecule has 0 bridgehead atoms. The average molecular weight is 383 g/mol. The molecule has 0 saturated heterocycles. The van der Waals surface area contributed by atoms with Crippen LogP contribution in [0.15, 0.2) is 30.5 Å². The number of ether oxygens (including phenoxy) is 1. The van der Waals surface area contributed by atoms with E-state index in [1.54, 1.807) is 13.3 Å². The Morgan fingerprint density at radius 3 is 2.50 bits per heavy atom. The predicted octanol–water partition coefficient (Wildman–Crippen LogP) is 3.59. The lowest BCUT2D eigenvalue weighted by atomic mass is 10.0. The second-order valence-corrected chi connectivity index (χ2v) is 6.06. The van der Waals surface area contributed by atoms with Crippen LogP contribution in [0.1, 0.15) is 28.5 Å². The molecule has 0 amide bonds. The maximum absolute atomic E-state index is 10.3. The quantitative estimate of drug-likeness (QED) is 0.821. The Bertz CT molecular complexity index is 596. The van der Waals surface area contributed by atoms with Crippen LogP contribution in [0.5, 0.6) is 5.75 Å². The normalized spacial score (nSPS) is 12.2. The van der Waals surface area contributed by atoms with Crippen molar-refractivity contribution in [3.05, 3.63) is 56.4 Å². The van der Waals surface area contributed by atoms with Gasteiger partial charge in [-0.05, 0) is 54.1 Å². The zero-order valence-corrected chi connectivity index (χ0v) is 14.0. The van der Waals surface area contributed by atoms with Crippen molar-refractivity contribution in [2.45, 2.75) is 26.4 Å². The lowest BCUT2D eigenvalue weighted by Gasteiger charge is -2.15. The van der Waals surface area contributed by atoms with Gasteiger partial charge in [-0.1, -0.05) is 12.1 Å². The van der Waals surface area contributed by atoms with Crippen molar-refractivity contribution in [3.8, 4) is 5.75 Å². The third-order valence-electron chi connectivity index (χ3n) is 3.39. The smallest absolute Gasteiger partial charge is 0.128 e. The first kappa shape index (κ1) is 15.3. The van der Waals surface area contributed by atoms with Gasteiger partial charge in [0, 0.05) is 33.0 Å². The Balaban J connectivity index is 2.23. The van der Waals surface area contributed by atoms with E-state index in [-0.39, 0.29) is 0 Å². The highest BCUT2D eigenvalue weighted by molar-refractivity contribution is 14.1. The average Bonchev–Trinajstić information content (AvgIpc) is 2.43. The summed E-state index contributed by atoms with van der Waals surface area (Å²) in [5.41, 5.74) is 3.79. The summed E-state index contributed by atoms with van der Waals surface area (Å²) in [7, 11) is 1.66. The molecule has 0 fully saturated rings. The molecule has 2 rings (SSSR count). The molecular weight excluding hydrogens is 365 g/mol. The first-order chi connectivity index (χ1) is 9.52. The van der Waals surface area contributed by atoms with Crippen LogP contribution in [-0.2, 0) is 6.42 Å². The van der Waals surface area contributed by atoms with Gasteiger partial charge in [0.15, 0.2) is 0 Å². The number of methoxy groups -OCH3 is 1. The highest BCUT2D eigenvalue weighted by Gasteiger charge is 2.14. The molecule has 0 aliphatic carbocycles. The number of benzene rings is 1. The van der Waals surface area contributed by atoms with E-state index in [0.717, 1.165) is 31.7 Å². The number of halogens is 1. The second-order valence-electron chi connectivity index (χ2n) is 4.82. The lowest BCUT2D eigenvalue weighted by Crippen LogP contribution is -2.07. The van der Waals surface area contributed by atoms with E-state index in [1.165, 1.54) is 0 Å². The standard InChI is InChI=1S/C16H18INO2/c1-10-9-18-14(11(2)16(10)20-3)8-15(19)12-4-6-13(17)7-5-12/h4-7,9,15,19H,8H2,1-3H3. The molecule has 0 aliphatic rings. The van der Waals surface area contributed by atoms with Gasteiger partial charge in [0.2, 0.25) is 0 Å². The number of hydrogen-bond donors (Lipinski definition) is 1. The Morgan fingerprint density at radius 1 is 1.25 bits per heavy atom. The Kier molecular flexibility index (Phi) is 4.99. The van der Waals surface area contributed by atoms with E-state index in [9.17, 15) is 5.11 Å². The maximum Gasteiger partial charge on any atom is 0.128 e. The molecule has 0 radical (unpaired) electrons. The van der Waals surface area contributed by atoms with Gasteiger partial charge in [-0.25, -0.2) is 0 Å². The van der Waals surface area contributed by atoms with Crippen molar-refractivity contribution < 1.29 is 9.84 Å². The first-order valence-corrected chi connectivity index (χ1v) is 7.53. The van der Waals surface area contributed by atoms with Gasteiger partial charge in [0.1, 0.15) is 5.75 Å². The fourth-order valence-electron chi connectivity index (χ4n) is 2.26. The highest BCUT2D eigenvalue weighted by Crippen LogP contribution is 2.27. The van der Waals surface area contributed by atoms with Crippen LogP contribution in [0.4, 0.5) is 0 Å². The van der Waals surface area contributed by atoms with Crippen molar-refractivity contribution in [1.82, 2.24) is 4.98 Å². The zero-order chi connectivity index (χ0) is 14.7. The van der Waals surface area contributed by atoms with Crippen molar-refractivity contribution in [2.75, 3.05) is 7.11 Å². The third-order valence-corrected chi connectivity index (χ3v) is 4.11. The van der Waals surface area contributed by atoms with Crippen molar-refractivity contribution >= 4 is 22.6 Å². The van der Waals surface area contributed by atoms with E-state index in [2.05, 4.69) is 27.6 Å². The summed E-state index contributed by atoms with van der Waals surface area (Å²) in [6.45, 7) is 3.95. The van der Waals surface area contributed by atoms with Gasteiger partial charge in [0.05, 0.1) is 13.2 Å². The fourth-order valence-corrected chi connectivity index (χ4v) is 2.62. The highest BCUT2D eigenvalue weighted by atomic mass is 127. The van der Waals surface area contributed by atoms with Gasteiger partial charge in [0.25, 0.3) is 0 Å². The molecule has 1 atom stereocenters. The van der Waals surface area contributed by atoms with E-state index in [4.69, 9.17) is 4.74 Å². The minimum atomic E-state index is -0.550. The number of hydrogen-bond acceptors (Lipinski definition) is 3. The van der Waals surface area contributed by atoms with Crippen LogP contribution in [-0.4, -0.2) is 17.2 Å². The number of pyridine rings is 1. The minimum absolute atomic E-state index is 0.489. The monoisotopic (exact) mass is 383 g/mol. The largest absolute Gasteiger partial charge is 0.496 e. The second kappa shape index (κ2) is 6.54. The topological polar surface area (TPSA) is 42.4 Å². The SMILES string of the molecule is COc1c(C)cnc(CC(O)c2ccc(I)cc2)c1C. The molecule has 1 N–H and O–H groups in total. The third kappa shape index (κ3) is 3.30. The van der Waals surface area contributed by atoms with Gasteiger partial charge >= 0.3 is 0 Å². The van der Waals surface area contributed by atoms with E-state index < -0.39 is 6.10 Å². The van der Waals surface area contributed by atoms with E-state index >= 15 is 0 Å². The summed E-state index contributed by atoms with van der Waals surface area (Å²) in [6, 6.07) is 7.89. The molecule has 1 heterocycles. The van der Waals surface area contributed by atoms with Crippen LogP contribution in [0, 0.1) is 17.4 Å². The van der Waals surface area contributed by atoms with Crippen LogP contribution in [0.2, 0.25) is 0 Å².